The van der Waals surface area contributed by atoms with Crippen LogP contribution in [0.4, 0.5) is 10.7 Å². The van der Waals surface area contributed by atoms with Crippen LogP contribution in [0.25, 0.3) is 21.5 Å². The van der Waals surface area contributed by atoms with Crippen molar-refractivity contribution < 1.29 is 9.59 Å². The second-order valence-corrected chi connectivity index (χ2v) is 9.87. The molecular formula is C23H23N5O2S. The highest BCUT2D eigenvalue weighted by Crippen LogP contribution is 2.42. The van der Waals surface area contributed by atoms with E-state index in [0.717, 1.165) is 41.9 Å². The molecule has 1 aromatic carbocycles. The van der Waals surface area contributed by atoms with Crippen molar-refractivity contribution in [3.05, 3.63) is 40.3 Å². The van der Waals surface area contributed by atoms with Crippen molar-refractivity contribution in [2.45, 2.75) is 44.6 Å². The number of hydrogen-bond acceptors (Lipinski definition) is 6. The number of nitrogens with zero attached hydrogens (tertiary/aromatic N) is 3. The molecule has 3 amide bonds. The van der Waals surface area contributed by atoms with Crippen LogP contribution in [0.1, 0.15) is 35.3 Å². The quantitative estimate of drug-likeness (QED) is 0.606. The van der Waals surface area contributed by atoms with Crippen LogP contribution in [0.2, 0.25) is 0 Å². The molecule has 2 fully saturated rings. The minimum Gasteiger partial charge on any atom is -0.338 e. The van der Waals surface area contributed by atoms with E-state index in [1.807, 2.05) is 0 Å². The van der Waals surface area contributed by atoms with Crippen molar-refractivity contribution in [3.8, 4) is 11.3 Å². The SMILES string of the molecule is Cc1ccc(-c2nc(N3CCCC4(C3)NC(=O)NC4=O)nc3sc4c(c23)CCC4)cc1. The molecule has 158 valence electrons. The average Bonchev–Trinajstić information content (AvgIpc) is 3.41. The van der Waals surface area contributed by atoms with Gasteiger partial charge in [-0.3, -0.25) is 10.1 Å². The number of benzene rings is 1. The maximum absolute atomic E-state index is 12.5. The highest BCUT2D eigenvalue weighted by molar-refractivity contribution is 7.19. The Hall–Kier alpha value is -3.00. The summed E-state index contributed by atoms with van der Waals surface area (Å²) >= 11 is 1.77. The van der Waals surface area contributed by atoms with Gasteiger partial charge in [0.2, 0.25) is 5.95 Å². The van der Waals surface area contributed by atoms with E-state index in [0.29, 0.717) is 18.9 Å². The monoisotopic (exact) mass is 433 g/mol. The van der Waals surface area contributed by atoms with Crippen LogP contribution in [-0.2, 0) is 17.6 Å². The molecule has 3 aliphatic rings. The Bertz CT molecular complexity index is 1230. The van der Waals surface area contributed by atoms with Crippen LogP contribution in [0.15, 0.2) is 24.3 Å². The number of carbonyl (C=O) groups is 2. The summed E-state index contributed by atoms with van der Waals surface area (Å²) in [6.07, 6.45) is 4.79. The Morgan fingerprint density at radius 1 is 1.10 bits per heavy atom. The lowest BCUT2D eigenvalue weighted by Gasteiger charge is -2.38. The number of urea groups is 1. The molecule has 0 radical (unpaired) electrons. The molecule has 0 bridgehead atoms. The molecule has 1 unspecified atom stereocenters. The fourth-order valence-corrected chi connectivity index (χ4v) is 6.34. The fraction of sp³-hybridized carbons (Fsp3) is 0.391. The largest absolute Gasteiger partial charge is 0.338 e. The fourth-order valence-electron chi connectivity index (χ4n) is 5.09. The van der Waals surface area contributed by atoms with E-state index in [1.165, 1.54) is 27.8 Å². The number of piperidine rings is 1. The number of rotatable bonds is 2. The lowest BCUT2D eigenvalue weighted by Crippen LogP contribution is -2.59. The third-order valence-electron chi connectivity index (χ3n) is 6.67. The third kappa shape index (κ3) is 2.92. The molecule has 4 heterocycles. The highest BCUT2D eigenvalue weighted by Gasteiger charge is 2.49. The van der Waals surface area contributed by atoms with E-state index in [2.05, 4.69) is 46.7 Å². The first-order valence-electron chi connectivity index (χ1n) is 10.8. The summed E-state index contributed by atoms with van der Waals surface area (Å²) in [7, 11) is 0. The van der Waals surface area contributed by atoms with Crippen LogP contribution < -0.4 is 15.5 Å². The van der Waals surface area contributed by atoms with E-state index in [4.69, 9.17) is 9.97 Å². The van der Waals surface area contributed by atoms with Gasteiger partial charge in [-0.1, -0.05) is 29.8 Å². The topological polar surface area (TPSA) is 87.2 Å². The van der Waals surface area contributed by atoms with Crippen molar-refractivity contribution in [3.63, 3.8) is 0 Å². The van der Waals surface area contributed by atoms with Crippen molar-refractivity contribution in [2.75, 3.05) is 18.0 Å². The number of hydrogen-bond donors (Lipinski definition) is 2. The van der Waals surface area contributed by atoms with Gasteiger partial charge in [0.1, 0.15) is 10.4 Å². The Kier molecular flexibility index (Phi) is 4.08. The van der Waals surface area contributed by atoms with Crippen molar-refractivity contribution in [2.24, 2.45) is 0 Å². The van der Waals surface area contributed by atoms with E-state index < -0.39 is 11.6 Å². The number of fused-ring (bicyclic) bond motifs is 3. The molecule has 1 aliphatic carbocycles. The standard InChI is InChI=1S/C23H23N5O2S/c1-13-6-8-14(9-7-13)18-17-15-4-2-5-16(15)31-19(17)25-21(24-18)28-11-3-10-23(12-28)20(29)26-22(30)27-23/h6-9H,2-5,10-12H2,1H3,(H2,26,27,29,30). The van der Waals surface area contributed by atoms with Crippen LogP contribution in [0.5, 0.6) is 0 Å². The van der Waals surface area contributed by atoms with E-state index in [-0.39, 0.29) is 5.91 Å². The Morgan fingerprint density at radius 3 is 2.71 bits per heavy atom. The highest BCUT2D eigenvalue weighted by atomic mass is 32.1. The first-order chi connectivity index (χ1) is 15.0. The number of carbonyl (C=O) groups excluding carboxylic acids is 2. The zero-order chi connectivity index (χ0) is 21.2. The summed E-state index contributed by atoms with van der Waals surface area (Å²) in [4.78, 5) is 38.8. The molecule has 0 saturated carbocycles. The molecule has 8 heteroatoms. The summed E-state index contributed by atoms with van der Waals surface area (Å²) in [6, 6.07) is 8.07. The Balaban J connectivity index is 1.48. The normalized spacial score (nSPS) is 22.8. The van der Waals surface area contributed by atoms with Crippen molar-refractivity contribution >= 4 is 39.4 Å². The summed E-state index contributed by atoms with van der Waals surface area (Å²) < 4.78 is 0. The van der Waals surface area contributed by atoms with Gasteiger partial charge in [0.15, 0.2) is 0 Å². The Labute approximate surface area is 183 Å². The number of aryl methyl sites for hydroxylation is 3. The molecule has 2 saturated heterocycles. The number of nitrogens with one attached hydrogen (secondary N) is 2. The predicted molar refractivity (Wildman–Crippen MR) is 120 cm³/mol. The van der Waals surface area contributed by atoms with Gasteiger partial charge in [-0.25, -0.2) is 14.8 Å². The molecule has 2 N–H and O–H groups in total. The maximum atomic E-state index is 12.5. The lowest BCUT2D eigenvalue weighted by molar-refractivity contribution is -0.124. The molecule has 1 spiro atoms. The van der Waals surface area contributed by atoms with Gasteiger partial charge in [0.25, 0.3) is 5.91 Å². The maximum Gasteiger partial charge on any atom is 0.322 e. The van der Waals surface area contributed by atoms with E-state index in [1.54, 1.807) is 11.3 Å². The summed E-state index contributed by atoms with van der Waals surface area (Å²) in [6.45, 7) is 3.23. The minimum absolute atomic E-state index is 0.253. The molecule has 7 nitrogen and oxygen atoms in total. The van der Waals surface area contributed by atoms with Crippen LogP contribution >= 0.6 is 11.3 Å². The summed E-state index contributed by atoms with van der Waals surface area (Å²) in [5.74, 6) is 0.383. The zero-order valence-corrected chi connectivity index (χ0v) is 18.1. The van der Waals surface area contributed by atoms with Gasteiger partial charge in [-0.2, -0.15) is 0 Å². The van der Waals surface area contributed by atoms with E-state index in [9.17, 15) is 9.59 Å². The lowest BCUT2D eigenvalue weighted by atomic mass is 9.89. The second kappa shape index (κ2) is 6.75. The molecular weight excluding hydrogens is 410 g/mol. The van der Waals surface area contributed by atoms with Gasteiger partial charge in [0.05, 0.1) is 12.2 Å². The molecule has 6 rings (SSSR count). The molecule has 2 aliphatic heterocycles. The smallest absolute Gasteiger partial charge is 0.322 e. The van der Waals surface area contributed by atoms with Crippen LogP contribution in [0, 0.1) is 6.92 Å². The van der Waals surface area contributed by atoms with Crippen molar-refractivity contribution in [1.29, 1.82) is 0 Å². The minimum atomic E-state index is -0.894. The first kappa shape index (κ1) is 18.7. The molecule has 3 aromatic rings. The first-order valence-corrected chi connectivity index (χ1v) is 11.6. The second-order valence-electron chi connectivity index (χ2n) is 8.79. The number of anilines is 1. The number of imide groups is 1. The van der Waals surface area contributed by atoms with Gasteiger partial charge in [0, 0.05) is 22.4 Å². The predicted octanol–water partition coefficient (Wildman–Crippen LogP) is 3.33. The molecule has 2 aromatic heterocycles. The number of aromatic nitrogens is 2. The summed E-state index contributed by atoms with van der Waals surface area (Å²) in [5, 5.41) is 6.42. The van der Waals surface area contributed by atoms with Gasteiger partial charge in [-0.05, 0) is 44.6 Å². The zero-order valence-electron chi connectivity index (χ0n) is 17.3. The average molecular weight is 434 g/mol. The summed E-state index contributed by atoms with van der Waals surface area (Å²) in [5.41, 5.74) is 3.78. The van der Waals surface area contributed by atoms with E-state index >= 15 is 0 Å². The van der Waals surface area contributed by atoms with Gasteiger partial charge in [-0.15, -0.1) is 11.3 Å². The molecule has 1 atom stereocenters. The van der Waals surface area contributed by atoms with Gasteiger partial charge >= 0.3 is 6.03 Å². The third-order valence-corrected chi connectivity index (χ3v) is 7.85. The number of thiophene rings is 1. The van der Waals surface area contributed by atoms with Crippen LogP contribution in [-0.4, -0.2) is 40.5 Å². The van der Waals surface area contributed by atoms with Crippen molar-refractivity contribution in [1.82, 2.24) is 20.6 Å². The number of amides is 3. The van der Waals surface area contributed by atoms with Gasteiger partial charge < -0.3 is 10.2 Å². The molecule has 31 heavy (non-hydrogen) atoms. The van der Waals surface area contributed by atoms with Crippen LogP contribution in [0.3, 0.4) is 0 Å². The Morgan fingerprint density at radius 2 is 1.94 bits per heavy atom.